The molecule has 49 heteroatoms. The quantitative estimate of drug-likeness (QED) is 0.00645. The number of hydrogen-bond donors (Lipinski definition) is 14. The molecule has 0 bridgehead atoms. The lowest BCUT2D eigenvalue weighted by Crippen LogP contribution is -2.68. The number of hydrogen-bond acceptors (Lipinski definition) is 34. The molecule has 756 valence electrons. The van der Waals surface area contributed by atoms with Crippen LogP contribution in [0.4, 0.5) is 22.0 Å². The van der Waals surface area contributed by atoms with E-state index in [0.717, 1.165) is 13.8 Å². The molecule has 2 aliphatic rings. The van der Waals surface area contributed by atoms with Crippen LogP contribution in [0.3, 0.4) is 0 Å². The maximum atomic E-state index is 13.9. The number of carbonyl (C=O) groups excluding carboxylic acids is 7. The summed E-state index contributed by atoms with van der Waals surface area (Å²) in [6, 6.07) is 26.0. The molecule has 2 aliphatic heterocycles. The topological polar surface area (TPSA) is 588 Å². The Morgan fingerprint density at radius 3 is 1.30 bits per heavy atom. The zero-order valence-electron chi connectivity index (χ0n) is 75.3. The van der Waals surface area contributed by atoms with Crippen molar-refractivity contribution in [3.05, 3.63) is 173 Å². The van der Waals surface area contributed by atoms with Crippen molar-refractivity contribution in [2.75, 3.05) is 125 Å². The molecule has 2 saturated heterocycles. The number of carbonyl (C=O) groups is 9. The van der Waals surface area contributed by atoms with Gasteiger partial charge in [0.2, 0.25) is 58.5 Å². The predicted octanol–water partition coefficient (Wildman–Crippen LogP) is 1.74. The van der Waals surface area contributed by atoms with E-state index in [-0.39, 0.29) is 149 Å². The second-order valence-corrected chi connectivity index (χ2v) is 31.3. The third-order valence-electron chi connectivity index (χ3n) is 20.7. The molecule has 0 saturated carbocycles. The van der Waals surface area contributed by atoms with E-state index in [0.29, 0.717) is 53.8 Å². The van der Waals surface area contributed by atoms with Crippen molar-refractivity contribution in [3.8, 4) is 28.7 Å². The van der Waals surface area contributed by atoms with Crippen molar-refractivity contribution in [1.29, 1.82) is 0 Å². The van der Waals surface area contributed by atoms with Crippen molar-refractivity contribution in [3.63, 3.8) is 0 Å². The van der Waals surface area contributed by atoms with Gasteiger partial charge < -0.3 is 144 Å². The van der Waals surface area contributed by atoms with Gasteiger partial charge in [-0.15, -0.1) is 10.2 Å². The van der Waals surface area contributed by atoms with Crippen LogP contribution in [-0.4, -0.2) is 328 Å². The summed E-state index contributed by atoms with van der Waals surface area (Å²) < 4.78 is 154. The Hall–Kier alpha value is -11.9. The number of aliphatic carboxylic acids is 2. The molecular weight excluding hydrogens is 1840 g/mol. The third-order valence-corrected chi connectivity index (χ3v) is 20.7. The van der Waals surface area contributed by atoms with Gasteiger partial charge in [0.1, 0.15) is 64.8 Å². The number of carboxylic acids is 2. The van der Waals surface area contributed by atoms with E-state index in [1.54, 1.807) is 102 Å². The van der Waals surface area contributed by atoms with Crippen LogP contribution >= 0.6 is 0 Å². The maximum Gasteiger partial charge on any atom is 0.364 e. The summed E-state index contributed by atoms with van der Waals surface area (Å²) in [4.78, 5) is 116. The Morgan fingerprint density at radius 1 is 0.471 bits per heavy atom. The van der Waals surface area contributed by atoms with E-state index in [1.807, 2.05) is 0 Å². The van der Waals surface area contributed by atoms with Gasteiger partial charge in [-0.2, -0.15) is 8.78 Å². The molecule has 0 unspecified atom stereocenters. The molecule has 0 aliphatic carbocycles. The molecule has 44 nitrogen and oxygen atoms in total. The summed E-state index contributed by atoms with van der Waals surface area (Å²) in [6.45, 7) is 0.552. The van der Waals surface area contributed by atoms with Crippen LogP contribution < -0.4 is 46.1 Å². The van der Waals surface area contributed by atoms with E-state index in [4.69, 9.17) is 66.3 Å². The Balaban J connectivity index is 0.669. The highest BCUT2D eigenvalue weighted by molar-refractivity contribution is 5.95. The monoisotopic (exact) mass is 1960 g/mol. The number of aliphatic hydroxyl groups is 6. The van der Waals surface area contributed by atoms with Crippen molar-refractivity contribution >= 4 is 53.4 Å². The lowest BCUT2D eigenvalue weighted by atomic mass is 9.88. The van der Waals surface area contributed by atoms with Gasteiger partial charge in [0.05, 0.1) is 174 Å². The fraction of sp³-hybridized carbons (Fsp3) is 0.517. The first-order chi connectivity index (χ1) is 66.3. The highest BCUT2D eigenvalue weighted by atomic mass is 19.2. The molecule has 0 radical (unpaired) electrons. The average molecular weight is 1960 g/mol. The molecule has 9 rings (SSSR count). The molecule has 0 spiro atoms. The van der Waals surface area contributed by atoms with E-state index in [2.05, 4.69) is 57.3 Å². The SMILES string of the molecule is CC(=O)N[C@H]1[C@H]([C@H](O)[C@H](O)CNC(=O)c2cccc(Oc3ccccc3)c2)O[C@@](OCCOCCOCc2cn(CCCC[C@H](NC(=O)CCCn3cc(COCCOCCO[C@]4(C(=O)O)C[C@H](O)[C@@H](NC(C)=O)[C@H]([C@H](O)[C@H](O)CNC(=O)c5cccc(Oc6ccccc6)c5)O4)nn3)C(=O)NCCOCCOCCOCCOCCC(=O)Oc3c(F)c(F)c(F)c(F)c3F)nn2)(C(=O)O)C[C@@H]1O. The van der Waals surface area contributed by atoms with E-state index in [1.165, 1.54) is 28.9 Å². The second kappa shape index (κ2) is 56.9. The summed E-state index contributed by atoms with van der Waals surface area (Å²) in [5, 5.41) is 120. The van der Waals surface area contributed by atoms with Crippen LogP contribution in [0.15, 0.2) is 122 Å². The van der Waals surface area contributed by atoms with Crippen molar-refractivity contribution < 1.29 is 177 Å². The number of aliphatic hydroxyl groups excluding tert-OH is 6. The predicted molar refractivity (Wildman–Crippen MR) is 462 cm³/mol. The van der Waals surface area contributed by atoms with Gasteiger partial charge >= 0.3 is 17.9 Å². The Morgan fingerprint density at radius 2 is 0.870 bits per heavy atom. The van der Waals surface area contributed by atoms with Gasteiger partial charge in [0, 0.05) is 77.0 Å². The van der Waals surface area contributed by atoms with Gasteiger partial charge in [0.15, 0.2) is 0 Å². The molecule has 4 heterocycles. The molecule has 13 atom stereocenters. The van der Waals surface area contributed by atoms with E-state index < -0.39 is 212 Å². The highest BCUT2D eigenvalue weighted by Crippen LogP contribution is 2.37. The summed E-state index contributed by atoms with van der Waals surface area (Å²) in [7, 11) is 0. The molecule has 14 N–H and O–H groups in total. The zero-order valence-corrected chi connectivity index (χ0v) is 75.3. The highest BCUT2D eigenvalue weighted by Gasteiger charge is 2.58. The lowest BCUT2D eigenvalue weighted by molar-refractivity contribution is -0.312. The number of amides is 6. The Bertz CT molecular complexity index is 5000. The van der Waals surface area contributed by atoms with Gasteiger partial charge in [-0.25, -0.2) is 22.8 Å². The first-order valence-corrected chi connectivity index (χ1v) is 44.0. The van der Waals surface area contributed by atoms with Gasteiger partial charge in [-0.05, 0) is 86.3 Å². The number of nitrogens with zero attached hydrogens (tertiary/aromatic N) is 6. The summed E-state index contributed by atoms with van der Waals surface area (Å²) >= 11 is 0. The number of rotatable bonds is 63. The van der Waals surface area contributed by atoms with Crippen LogP contribution in [-0.2, 0) is 117 Å². The molecular formula is C89H113F5N12O32. The Kier molecular flexibility index (Phi) is 45.2. The van der Waals surface area contributed by atoms with Crippen LogP contribution in [0.5, 0.6) is 28.7 Å². The van der Waals surface area contributed by atoms with Gasteiger partial charge in [-0.1, -0.05) is 59.0 Å². The maximum absolute atomic E-state index is 13.9. The number of para-hydroxylation sites is 2. The number of nitrogens with one attached hydrogen (secondary N) is 6. The first kappa shape index (κ1) is 110. The number of aromatic nitrogens is 6. The summed E-state index contributed by atoms with van der Waals surface area (Å²) in [6.07, 6.45) is -12.1. The standard InChI is InChI=1S/C89H113F5N12O32/c1-54(107)98-76-65(109)46-88(86(120)121,137-81(76)78(115)67(111)48-96-83(117)56-14-11-20-62(44-56)134-60-16-5-3-6-17-60)132-42-40-128-36-38-130-52-58-50-105(103-101-58)26-10-9-22-64(85(119)95-25-29-125-31-33-127-35-34-126-32-30-124-28-24-70(114)136-80-74(93)72(91)71(90)73(92)75(80)94)100-69(113)23-13-27-106-51-59(102-104-106)53-131-39-37-129-41-43-133-89(87(122)123)47-66(110)77(99-55(2)108)82(138-89)79(116)68(112)49-97-84(118)57-15-12-21-63(45-57)135-61-18-7-4-8-19-61/h3-8,11-12,14-21,44-45,50-51,64-68,76-79,81-82,109-112,115-116H,9-10,13,22-43,46-49,52-53H2,1-2H3,(H,95,119)(H,96,117)(H,97,118)(H,98,107)(H,99,108)(H,100,113)(H,120,121)(H,122,123)/t64-,65-,66-,67+,68+,76+,77+,78+,79+,81+,82+,88+,89+/m0/s1. The van der Waals surface area contributed by atoms with Crippen LogP contribution in [0, 0.1) is 29.1 Å². The summed E-state index contributed by atoms with van der Waals surface area (Å²) in [5.74, 6) is -25.2. The largest absolute Gasteiger partial charge is 0.477 e. The number of aryl methyl sites for hydroxylation is 2. The summed E-state index contributed by atoms with van der Waals surface area (Å²) in [5.41, 5.74) is 1.14. The number of ether oxygens (including phenoxy) is 15. The minimum absolute atomic E-state index is 0.00157. The minimum atomic E-state index is -2.61. The van der Waals surface area contributed by atoms with Gasteiger partial charge in [-0.3, -0.25) is 42.9 Å². The minimum Gasteiger partial charge on any atom is -0.477 e. The third kappa shape index (κ3) is 35.2. The molecule has 138 heavy (non-hydrogen) atoms. The molecule has 2 aromatic heterocycles. The van der Waals surface area contributed by atoms with Crippen LogP contribution in [0.1, 0.15) is 97.3 Å². The lowest BCUT2D eigenvalue weighted by Gasteiger charge is -2.46. The van der Waals surface area contributed by atoms with Crippen molar-refractivity contribution in [2.45, 2.75) is 170 Å². The second-order valence-electron chi connectivity index (χ2n) is 31.3. The van der Waals surface area contributed by atoms with E-state index >= 15 is 0 Å². The average Bonchev–Trinajstić information content (AvgIpc) is 0.857. The smallest absolute Gasteiger partial charge is 0.364 e. The number of carboxylic acid groups (broad SMARTS) is 2. The number of halogens is 5. The van der Waals surface area contributed by atoms with E-state index in [9.17, 15) is 106 Å². The molecule has 2 fully saturated rings. The normalized spacial score (nSPS) is 19.1. The van der Waals surface area contributed by atoms with Crippen molar-refractivity contribution in [2.24, 2.45) is 0 Å². The number of esters is 1. The zero-order chi connectivity index (χ0) is 99.5. The Labute approximate surface area is 786 Å². The first-order valence-electron chi connectivity index (χ1n) is 44.0. The van der Waals surface area contributed by atoms with Crippen LogP contribution in [0.25, 0.3) is 0 Å². The number of benzene rings is 5. The van der Waals surface area contributed by atoms with Gasteiger partial charge in [0.25, 0.3) is 23.4 Å². The molecule has 7 aromatic rings. The fourth-order valence-electron chi connectivity index (χ4n) is 13.9. The fourth-order valence-corrected chi connectivity index (χ4v) is 13.9. The number of unbranched alkanes of at least 4 members (excludes halogenated alkanes) is 1. The van der Waals surface area contributed by atoms with Crippen molar-refractivity contribution in [1.82, 2.24) is 61.9 Å². The van der Waals surface area contributed by atoms with Crippen LogP contribution in [0.2, 0.25) is 0 Å². The molecule has 5 aromatic carbocycles. The molecule has 6 amide bonds.